The van der Waals surface area contributed by atoms with Gasteiger partial charge in [0.15, 0.2) is 0 Å². The largest absolute Gasteiger partial charge is 0.346 e. The number of fused-ring (bicyclic) bond motifs is 1. The molecule has 0 unspecified atom stereocenters. The summed E-state index contributed by atoms with van der Waals surface area (Å²) in [7, 11) is -4.48. The lowest BCUT2D eigenvalue weighted by molar-refractivity contribution is 0.551. The van der Waals surface area contributed by atoms with Crippen LogP contribution in [0.5, 0.6) is 0 Å². The fourth-order valence-electron chi connectivity index (χ4n) is 1.41. The molecule has 2 aromatic rings. The molecule has 0 radical (unpaired) electrons. The van der Waals surface area contributed by atoms with E-state index in [1.165, 1.54) is 6.33 Å². The van der Waals surface area contributed by atoms with E-state index in [9.17, 15) is 12.3 Å². The van der Waals surface area contributed by atoms with Crippen molar-refractivity contribution in [1.29, 1.82) is 0 Å². The SMILES string of the molecule is O=S(=O)(F)CCc1c[nH]c2ncnc(Cl)c12. The minimum absolute atomic E-state index is 0.0337. The minimum atomic E-state index is -4.48. The van der Waals surface area contributed by atoms with Crippen molar-refractivity contribution in [3.63, 3.8) is 0 Å². The lowest BCUT2D eigenvalue weighted by Crippen LogP contribution is -2.01. The highest BCUT2D eigenvalue weighted by molar-refractivity contribution is 7.86. The van der Waals surface area contributed by atoms with E-state index in [1.54, 1.807) is 6.20 Å². The quantitative estimate of drug-likeness (QED) is 0.672. The van der Waals surface area contributed by atoms with Crippen molar-refractivity contribution < 1.29 is 12.3 Å². The summed E-state index contributed by atoms with van der Waals surface area (Å²) >= 11 is 5.84. The van der Waals surface area contributed by atoms with E-state index >= 15 is 0 Å². The maximum absolute atomic E-state index is 12.4. The Balaban J connectivity index is 2.39. The van der Waals surface area contributed by atoms with Gasteiger partial charge >= 0.3 is 10.2 Å². The molecule has 1 N–H and O–H groups in total. The average molecular weight is 264 g/mol. The highest BCUT2D eigenvalue weighted by Gasteiger charge is 2.13. The van der Waals surface area contributed by atoms with Crippen LogP contribution in [0.1, 0.15) is 5.56 Å². The number of rotatable bonds is 3. The Labute approximate surface area is 95.9 Å². The molecular weight excluding hydrogens is 257 g/mol. The molecule has 2 rings (SSSR count). The Hall–Kier alpha value is -1.21. The molecule has 8 heteroatoms. The predicted molar refractivity (Wildman–Crippen MR) is 57.5 cm³/mol. The summed E-state index contributed by atoms with van der Waals surface area (Å²) in [6.45, 7) is 0. The van der Waals surface area contributed by atoms with E-state index in [1.807, 2.05) is 0 Å². The van der Waals surface area contributed by atoms with Gasteiger partial charge in [0.25, 0.3) is 0 Å². The third-order valence-electron chi connectivity index (χ3n) is 2.12. The second-order valence-electron chi connectivity index (χ2n) is 3.19. The van der Waals surface area contributed by atoms with Crippen molar-refractivity contribution in [2.45, 2.75) is 6.42 Å². The number of hydrogen-bond donors (Lipinski definition) is 1. The van der Waals surface area contributed by atoms with Gasteiger partial charge in [0.05, 0.1) is 11.1 Å². The molecule has 0 fully saturated rings. The monoisotopic (exact) mass is 263 g/mol. The summed E-state index contributed by atoms with van der Waals surface area (Å²) in [5.41, 5.74) is 1.09. The van der Waals surface area contributed by atoms with Crippen LogP contribution in [0.4, 0.5) is 3.89 Å². The standard InChI is InChI=1S/C8H7ClFN3O2S/c9-7-6-5(1-2-16(10,14)15)3-11-8(6)13-4-12-7/h3-4H,1-2H2,(H,11,12,13). The third kappa shape index (κ3) is 2.30. The molecule has 0 bridgehead atoms. The van der Waals surface area contributed by atoms with Crippen LogP contribution in [0.15, 0.2) is 12.5 Å². The van der Waals surface area contributed by atoms with Crippen LogP contribution in [0.3, 0.4) is 0 Å². The van der Waals surface area contributed by atoms with Gasteiger partial charge in [-0.1, -0.05) is 11.6 Å². The van der Waals surface area contributed by atoms with Crippen molar-refractivity contribution in [3.05, 3.63) is 23.2 Å². The summed E-state index contributed by atoms with van der Waals surface area (Å²) in [6.07, 6.45) is 2.87. The van der Waals surface area contributed by atoms with Crippen molar-refractivity contribution in [2.24, 2.45) is 0 Å². The van der Waals surface area contributed by atoms with Crippen molar-refractivity contribution in [3.8, 4) is 0 Å². The first kappa shape index (κ1) is 11.3. The lowest BCUT2D eigenvalue weighted by Gasteiger charge is -1.97. The van der Waals surface area contributed by atoms with Crippen LogP contribution in [0, 0.1) is 0 Å². The zero-order chi connectivity index (χ0) is 11.8. The molecule has 0 aliphatic carbocycles. The second-order valence-corrected chi connectivity index (χ2v) is 5.04. The Kier molecular flexibility index (Phi) is 2.81. The van der Waals surface area contributed by atoms with Crippen molar-refractivity contribution in [2.75, 3.05) is 5.75 Å². The number of halogens is 2. The van der Waals surface area contributed by atoms with E-state index in [2.05, 4.69) is 15.0 Å². The second kappa shape index (κ2) is 3.99. The molecule has 0 saturated heterocycles. The van der Waals surface area contributed by atoms with Crippen LogP contribution >= 0.6 is 11.6 Å². The highest BCUT2D eigenvalue weighted by Crippen LogP contribution is 2.23. The summed E-state index contributed by atoms with van der Waals surface area (Å²) in [6, 6.07) is 0. The molecule has 0 aliphatic rings. The Morgan fingerprint density at radius 1 is 1.44 bits per heavy atom. The maximum atomic E-state index is 12.4. The van der Waals surface area contributed by atoms with Crippen molar-refractivity contribution in [1.82, 2.24) is 15.0 Å². The van der Waals surface area contributed by atoms with Gasteiger partial charge in [0, 0.05) is 6.20 Å². The molecule has 2 heterocycles. The molecule has 2 aromatic heterocycles. The van der Waals surface area contributed by atoms with E-state index < -0.39 is 16.0 Å². The van der Waals surface area contributed by atoms with Gasteiger partial charge in [-0.25, -0.2) is 9.97 Å². The molecular formula is C8H7ClFN3O2S. The highest BCUT2D eigenvalue weighted by atomic mass is 35.5. The summed E-state index contributed by atoms with van der Waals surface area (Å²) in [5, 5.41) is 0.755. The lowest BCUT2D eigenvalue weighted by atomic mass is 10.2. The molecule has 0 aromatic carbocycles. The predicted octanol–water partition coefficient (Wildman–Crippen LogP) is 1.45. The number of aromatic amines is 1. The van der Waals surface area contributed by atoms with Gasteiger partial charge in [-0.05, 0) is 12.0 Å². The normalized spacial score (nSPS) is 12.1. The van der Waals surface area contributed by atoms with Crippen LogP contribution in [-0.2, 0) is 16.6 Å². The zero-order valence-electron chi connectivity index (χ0n) is 7.94. The third-order valence-corrected chi connectivity index (χ3v) is 3.10. The van der Waals surface area contributed by atoms with Crippen LogP contribution < -0.4 is 0 Å². The van der Waals surface area contributed by atoms with Crippen LogP contribution in [0.2, 0.25) is 5.15 Å². The van der Waals surface area contributed by atoms with Gasteiger partial charge in [-0.3, -0.25) is 0 Å². The number of nitrogens with one attached hydrogen (secondary N) is 1. The van der Waals surface area contributed by atoms with Crippen LogP contribution in [-0.4, -0.2) is 29.1 Å². The molecule has 0 spiro atoms. The molecule has 0 amide bonds. The zero-order valence-corrected chi connectivity index (χ0v) is 9.52. The Morgan fingerprint density at radius 3 is 2.88 bits per heavy atom. The molecule has 0 aliphatic heterocycles. The van der Waals surface area contributed by atoms with Gasteiger partial charge in [-0.15, -0.1) is 3.89 Å². The Morgan fingerprint density at radius 2 is 2.19 bits per heavy atom. The molecule has 0 atom stereocenters. The van der Waals surface area contributed by atoms with Crippen molar-refractivity contribution >= 4 is 32.9 Å². The summed E-state index contributed by atoms with van der Waals surface area (Å²) in [5.74, 6) is -0.578. The first-order valence-electron chi connectivity index (χ1n) is 4.36. The number of H-pyrrole nitrogens is 1. The van der Waals surface area contributed by atoms with Gasteiger partial charge < -0.3 is 4.98 Å². The van der Waals surface area contributed by atoms with E-state index in [4.69, 9.17) is 11.6 Å². The molecule has 5 nitrogen and oxygen atoms in total. The molecule has 0 saturated carbocycles. The van der Waals surface area contributed by atoms with E-state index in [0.29, 0.717) is 16.6 Å². The van der Waals surface area contributed by atoms with Crippen LogP contribution in [0.25, 0.3) is 11.0 Å². The topological polar surface area (TPSA) is 75.7 Å². The number of aromatic nitrogens is 3. The first-order chi connectivity index (χ1) is 7.47. The molecule has 86 valence electrons. The number of nitrogens with zero attached hydrogens (tertiary/aromatic N) is 2. The summed E-state index contributed by atoms with van der Waals surface area (Å²) in [4.78, 5) is 10.5. The molecule has 16 heavy (non-hydrogen) atoms. The Bertz CT molecular complexity index is 625. The van der Waals surface area contributed by atoms with Gasteiger partial charge in [0.1, 0.15) is 17.1 Å². The minimum Gasteiger partial charge on any atom is -0.346 e. The smallest absolute Gasteiger partial charge is 0.302 e. The number of aryl methyl sites for hydroxylation is 1. The first-order valence-corrected chi connectivity index (χ1v) is 6.29. The maximum Gasteiger partial charge on any atom is 0.302 e. The fourth-order valence-corrected chi connectivity index (χ4v) is 2.13. The van der Waals surface area contributed by atoms with Gasteiger partial charge in [-0.2, -0.15) is 8.42 Å². The fraction of sp³-hybridized carbons (Fsp3) is 0.250. The average Bonchev–Trinajstić information content (AvgIpc) is 2.58. The number of hydrogen-bond acceptors (Lipinski definition) is 4. The van der Waals surface area contributed by atoms with Gasteiger partial charge in [0.2, 0.25) is 0 Å². The van der Waals surface area contributed by atoms with E-state index in [0.717, 1.165) is 0 Å². The van der Waals surface area contributed by atoms with E-state index in [-0.39, 0.29) is 11.6 Å². The summed E-state index contributed by atoms with van der Waals surface area (Å²) < 4.78 is 33.2.